The van der Waals surface area contributed by atoms with Crippen molar-refractivity contribution in [1.82, 2.24) is 34.9 Å². The Balaban J connectivity index is 1.62. The van der Waals surface area contributed by atoms with E-state index in [-0.39, 0.29) is 11.7 Å². The SMILES string of the molecule is C[C@H](c1cccc(F)n1)n1ncc2ncc(Nc3cc(OC(F)F)[nH]n3)nc21. The van der Waals surface area contributed by atoms with E-state index in [4.69, 9.17) is 0 Å². The second kappa shape index (κ2) is 7.13. The quantitative estimate of drug-likeness (QED) is 0.487. The lowest BCUT2D eigenvalue weighted by atomic mass is 10.2. The minimum atomic E-state index is -2.96. The highest BCUT2D eigenvalue weighted by molar-refractivity contribution is 5.72. The van der Waals surface area contributed by atoms with Gasteiger partial charge in [0, 0.05) is 6.07 Å². The Kier molecular flexibility index (Phi) is 4.51. The molecular formula is C16H13F3N8O. The summed E-state index contributed by atoms with van der Waals surface area (Å²) in [5.41, 5.74) is 1.44. The maximum atomic E-state index is 13.4. The topological polar surface area (TPSA) is 106 Å². The van der Waals surface area contributed by atoms with Crippen LogP contribution in [0.1, 0.15) is 18.7 Å². The second-order valence-corrected chi connectivity index (χ2v) is 5.74. The van der Waals surface area contributed by atoms with Crippen LogP contribution < -0.4 is 10.1 Å². The summed E-state index contributed by atoms with van der Waals surface area (Å²) in [6.45, 7) is -1.16. The van der Waals surface area contributed by atoms with Gasteiger partial charge in [-0.25, -0.2) is 24.7 Å². The number of alkyl halides is 2. The zero-order chi connectivity index (χ0) is 19.7. The third-order valence-electron chi connectivity index (χ3n) is 3.86. The lowest BCUT2D eigenvalue weighted by molar-refractivity contribution is -0.0528. The van der Waals surface area contributed by atoms with Crippen molar-refractivity contribution in [2.75, 3.05) is 5.32 Å². The molecule has 0 aliphatic carbocycles. The predicted octanol–water partition coefficient (Wildman–Crippen LogP) is 3.04. The molecule has 0 bridgehead atoms. The third kappa shape index (κ3) is 3.56. The molecule has 9 nitrogen and oxygen atoms in total. The van der Waals surface area contributed by atoms with Crippen LogP contribution in [0, 0.1) is 5.95 Å². The van der Waals surface area contributed by atoms with Crippen LogP contribution in [0.2, 0.25) is 0 Å². The van der Waals surface area contributed by atoms with Crippen LogP contribution >= 0.6 is 0 Å². The van der Waals surface area contributed by atoms with Gasteiger partial charge in [-0.2, -0.15) is 23.4 Å². The van der Waals surface area contributed by atoms with Crippen LogP contribution in [-0.4, -0.2) is 41.5 Å². The van der Waals surface area contributed by atoms with Crippen LogP contribution in [0.15, 0.2) is 36.7 Å². The van der Waals surface area contributed by atoms with E-state index in [1.54, 1.807) is 23.7 Å². The van der Waals surface area contributed by atoms with Gasteiger partial charge in [0.1, 0.15) is 5.52 Å². The molecule has 4 heterocycles. The van der Waals surface area contributed by atoms with Gasteiger partial charge in [0.2, 0.25) is 11.8 Å². The molecule has 0 amide bonds. The number of aromatic nitrogens is 7. The highest BCUT2D eigenvalue weighted by Crippen LogP contribution is 2.23. The standard InChI is InChI=1S/C16H13F3N8O/c1-8(9-3-2-4-11(17)22-9)27-15-10(6-21-27)20-7-13(24-15)23-12-5-14(26-25-12)28-16(18)19/h2-8,16H,1H3,(H2,23,24,25,26)/t8-/m1/s1. The highest BCUT2D eigenvalue weighted by atomic mass is 19.3. The number of hydrogen-bond donors (Lipinski definition) is 2. The fourth-order valence-electron chi connectivity index (χ4n) is 2.60. The number of ether oxygens (including phenoxy) is 1. The fraction of sp³-hybridized carbons (Fsp3) is 0.188. The van der Waals surface area contributed by atoms with E-state index >= 15 is 0 Å². The Morgan fingerprint density at radius 2 is 2.04 bits per heavy atom. The molecule has 0 aliphatic heterocycles. The molecule has 2 N–H and O–H groups in total. The molecule has 0 unspecified atom stereocenters. The number of aromatic amines is 1. The summed E-state index contributed by atoms with van der Waals surface area (Å²) in [4.78, 5) is 12.6. The first-order valence-electron chi connectivity index (χ1n) is 8.09. The average Bonchev–Trinajstić information content (AvgIpc) is 3.27. The summed E-state index contributed by atoms with van der Waals surface area (Å²) < 4.78 is 43.7. The number of pyridine rings is 1. The molecule has 0 aromatic carbocycles. The largest absolute Gasteiger partial charge is 0.417 e. The molecule has 12 heteroatoms. The van der Waals surface area contributed by atoms with Crippen LogP contribution in [0.4, 0.5) is 24.8 Å². The van der Waals surface area contributed by atoms with Gasteiger partial charge in [-0.3, -0.25) is 0 Å². The number of halogens is 3. The van der Waals surface area contributed by atoms with Gasteiger partial charge >= 0.3 is 6.61 Å². The van der Waals surface area contributed by atoms with Crippen LogP contribution in [0.25, 0.3) is 11.2 Å². The van der Waals surface area contributed by atoms with Crippen molar-refractivity contribution in [3.8, 4) is 5.88 Å². The Labute approximate surface area is 155 Å². The maximum absolute atomic E-state index is 13.4. The van der Waals surface area contributed by atoms with Gasteiger partial charge in [-0.05, 0) is 19.1 Å². The lowest BCUT2D eigenvalue weighted by Crippen LogP contribution is -2.11. The van der Waals surface area contributed by atoms with Crippen molar-refractivity contribution in [3.63, 3.8) is 0 Å². The molecule has 4 rings (SSSR count). The first-order valence-corrected chi connectivity index (χ1v) is 8.09. The Morgan fingerprint density at radius 3 is 2.82 bits per heavy atom. The summed E-state index contributed by atoms with van der Waals surface area (Å²) in [7, 11) is 0. The van der Waals surface area contributed by atoms with E-state index in [0.717, 1.165) is 0 Å². The molecule has 0 radical (unpaired) electrons. The summed E-state index contributed by atoms with van der Waals surface area (Å²) in [5, 5.41) is 13.2. The smallest absolute Gasteiger partial charge is 0.388 e. The van der Waals surface area contributed by atoms with E-state index in [1.165, 1.54) is 24.5 Å². The Hall–Kier alpha value is -3.70. The van der Waals surface area contributed by atoms with Crippen LogP contribution in [-0.2, 0) is 0 Å². The molecule has 4 aromatic heterocycles. The number of hydrogen-bond acceptors (Lipinski definition) is 7. The normalized spacial score (nSPS) is 12.5. The summed E-state index contributed by atoms with van der Waals surface area (Å²) in [6.07, 6.45) is 2.98. The Morgan fingerprint density at radius 1 is 1.18 bits per heavy atom. The average molecular weight is 390 g/mol. The first-order chi connectivity index (χ1) is 13.5. The van der Waals surface area contributed by atoms with E-state index < -0.39 is 18.6 Å². The molecule has 4 aromatic rings. The molecule has 0 saturated carbocycles. The molecule has 0 spiro atoms. The van der Waals surface area contributed by atoms with E-state index in [1.807, 2.05) is 0 Å². The van der Waals surface area contributed by atoms with Crippen molar-refractivity contribution in [2.45, 2.75) is 19.6 Å². The molecule has 0 fully saturated rings. The number of rotatable bonds is 6. The maximum Gasteiger partial charge on any atom is 0.388 e. The van der Waals surface area contributed by atoms with E-state index in [0.29, 0.717) is 22.7 Å². The van der Waals surface area contributed by atoms with Crippen molar-refractivity contribution in [2.24, 2.45) is 0 Å². The molecule has 144 valence electrons. The summed E-state index contributed by atoms with van der Waals surface area (Å²) in [5.74, 6) is -0.254. The first kappa shape index (κ1) is 17.7. The monoisotopic (exact) mass is 390 g/mol. The number of anilines is 2. The van der Waals surface area contributed by atoms with Crippen molar-refractivity contribution in [3.05, 3.63) is 48.3 Å². The molecule has 28 heavy (non-hydrogen) atoms. The fourth-order valence-corrected chi connectivity index (χ4v) is 2.60. The zero-order valence-electron chi connectivity index (χ0n) is 14.3. The van der Waals surface area contributed by atoms with Gasteiger partial charge in [0.05, 0.1) is 24.1 Å². The lowest BCUT2D eigenvalue weighted by Gasteiger charge is -2.12. The number of H-pyrrole nitrogens is 1. The molecule has 0 aliphatic rings. The number of fused-ring (bicyclic) bond motifs is 1. The Bertz CT molecular complexity index is 1110. The van der Waals surface area contributed by atoms with Crippen molar-refractivity contribution >= 4 is 22.8 Å². The van der Waals surface area contributed by atoms with E-state index in [2.05, 4.69) is 40.3 Å². The van der Waals surface area contributed by atoms with Gasteiger partial charge in [0.25, 0.3) is 0 Å². The van der Waals surface area contributed by atoms with Gasteiger partial charge in [-0.15, -0.1) is 0 Å². The van der Waals surface area contributed by atoms with Crippen molar-refractivity contribution in [1.29, 1.82) is 0 Å². The second-order valence-electron chi connectivity index (χ2n) is 5.74. The summed E-state index contributed by atoms with van der Waals surface area (Å²) in [6, 6.07) is 5.37. The minimum Gasteiger partial charge on any atom is -0.417 e. The zero-order valence-corrected chi connectivity index (χ0v) is 14.3. The van der Waals surface area contributed by atoms with Crippen LogP contribution in [0.3, 0.4) is 0 Å². The molecular weight excluding hydrogens is 377 g/mol. The molecule has 1 atom stereocenters. The predicted molar refractivity (Wildman–Crippen MR) is 91.8 cm³/mol. The van der Waals surface area contributed by atoms with Gasteiger partial charge < -0.3 is 10.1 Å². The van der Waals surface area contributed by atoms with E-state index in [9.17, 15) is 13.2 Å². The number of nitrogens with zero attached hydrogens (tertiary/aromatic N) is 6. The highest BCUT2D eigenvalue weighted by Gasteiger charge is 2.16. The third-order valence-corrected chi connectivity index (χ3v) is 3.86. The van der Waals surface area contributed by atoms with Gasteiger partial charge in [-0.1, -0.05) is 6.07 Å². The summed E-state index contributed by atoms with van der Waals surface area (Å²) >= 11 is 0. The van der Waals surface area contributed by atoms with Gasteiger partial charge in [0.15, 0.2) is 17.3 Å². The van der Waals surface area contributed by atoms with Crippen LogP contribution in [0.5, 0.6) is 5.88 Å². The number of nitrogens with one attached hydrogen (secondary N) is 2. The molecule has 0 saturated heterocycles. The minimum absolute atomic E-state index is 0.192. The van der Waals surface area contributed by atoms with Crippen molar-refractivity contribution < 1.29 is 17.9 Å².